The van der Waals surface area contributed by atoms with E-state index < -0.39 is 0 Å². The van der Waals surface area contributed by atoms with E-state index in [9.17, 15) is 9.59 Å². The van der Waals surface area contributed by atoms with E-state index in [1.807, 2.05) is 13.8 Å². The summed E-state index contributed by atoms with van der Waals surface area (Å²) in [5, 5.41) is 3.41. The number of nitrogens with zero attached hydrogens (tertiary/aromatic N) is 1. The Labute approximate surface area is 125 Å². The van der Waals surface area contributed by atoms with E-state index in [0.717, 1.165) is 6.42 Å². The fourth-order valence-corrected chi connectivity index (χ4v) is 2.01. The first-order valence-corrected chi connectivity index (χ1v) is 7.14. The van der Waals surface area contributed by atoms with E-state index in [0.29, 0.717) is 17.3 Å². The van der Waals surface area contributed by atoms with Gasteiger partial charge in [0, 0.05) is 36.6 Å². The summed E-state index contributed by atoms with van der Waals surface area (Å²) in [4.78, 5) is 25.1. The Kier molecular flexibility index (Phi) is 6.52. The molecule has 0 fully saturated rings. The quantitative estimate of drug-likeness (QED) is 0.875. The van der Waals surface area contributed by atoms with Gasteiger partial charge in [-0.2, -0.15) is 0 Å². The maximum atomic E-state index is 11.9. The van der Waals surface area contributed by atoms with Crippen LogP contribution in [0.1, 0.15) is 33.6 Å². The number of benzene rings is 1. The summed E-state index contributed by atoms with van der Waals surface area (Å²) in [5.74, 6) is -0.111. The van der Waals surface area contributed by atoms with Crippen molar-refractivity contribution in [2.24, 2.45) is 0 Å². The van der Waals surface area contributed by atoms with Crippen molar-refractivity contribution in [1.29, 1.82) is 0 Å². The Morgan fingerprint density at radius 1 is 1.30 bits per heavy atom. The van der Waals surface area contributed by atoms with Gasteiger partial charge in [0.1, 0.15) is 0 Å². The summed E-state index contributed by atoms with van der Waals surface area (Å²) < 4.78 is 0. The lowest BCUT2D eigenvalue weighted by molar-refractivity contribution is -0.131. The Balaban J connectivity index is 2.49. The van der Waals surface area contributed by atoms with Crippen LogP contribution in [0.15, 0.2) is 24.3 Å². The van der Waals surface area contributed by atoms with E-state index >= 15 is 0 Å². The molecule has 0 aromatic heterocycles. The molecule has 2 amide bonds. The summed E-state index contributed by atoms with van der Waals surface area (Å²) in [5.41, 5.74) is 0.706. The SMILES string of the molecule is CCC(C)N(CCC(=O)Nc1ccc(Cl)cc1)C(C)=O. The molecule has 0 bridgehead atoms. The number of amides is 2. The van der Waals surface area contributed by atoms with Crippen molar-refractivity contribution in [2.75, 3.05) is 11.9 Å². The Hall–Kier alpha value is -1.55. The molecule has 20 heavy (non-hydrogen) atoms. The lowest BCUT2D eigenvalue weighted by atomic mass is 10.2. The summed E-state index contributed by atoms with van der Waals surface area (Å²) in [6.45, 7) is 5.97. The molecule has 0 heterocycles. The second-order valence-corrected chi connectivity index (χ2v) is 5.21. The fourth-order valence-electron chi connectivity index (χ4n) is 1.89. The number of hydrogen-bond donors (Lipinski definition) is 1. The number of carbonyl (C=O) groups excluding carboxylic acids is 2. The van der Waals surface area contributed by atoms with Gasteiger partial charge in [0.25, 0.3) is 0 Å². The summed E-state index contributed by atoms with van der Waals surface area (Å²) in [6, 6.07) is 7.09. The number of rotatable bonds is 6. The third-order valence-electron chi connectivity index (χ3n) is 3.24. The zero-order valence-electron chi connectivity index (χ0n) is 12.1. The molecule has 1 N–H and O–H groups in total. The molecular weight excluding hydrogens is 276 g/mol. The number of carbonyl (C=O) groups is 2. The maximum Gasteiger partial charge on any atom is 0.226 e. The summed E-state index contributed by atoms with van der Waals surface area (Å²) in [6.07, 6.45) is 1.16. The smallest absolute Gasteiger partial charge is 0.226 e. The van der Waals surface area contributed by atoms with Crippen molar-refractivity contribution in [2.45, 2.75) is 39.7 Å². The average Bonchev–Trinajstić information content (AvgIpc) is 2.41. The number of nitrogens with one attached hydrogen (secondary N) is 1. The van der Waals surface area contributed by atoms with Crippen molar-refractivity contribution >= 4 is 29.1 Å². The number of hydrogen-bond acceptors (Lipinski definition) is 2. The van der Waals surface area contributed by atoms with Crippen molar-refractivity contribution in [3.8, 4) is 0 Å². The maximum absolute atomic E-state index is 11.9. The van der Waals surface area contributed by atoms with Gasteiger partial charge in [-0.15, -0.1) is 0 Å². The highest BCUT2D eigenvalue weighted by Gasteiger charge is 2.16. The molecule has 1 aromatic rings. The van der Waals surface area contributed by atoms with Gasteiger partial charge >= 0.3 is 0 Å². The molecule has 0 aliphatic rings. The van der Waals surface area contributed by atoms with Crippen LogP contribution < -0.4 is 5.32 Å². The van der Waals surface area contributed by atoms with Gasteiger partial charge in [0.05, 0.1) is 0 Å². The minimum atomic E-state index is -0.109. The number of halogens is 1. The van der Waals surface area contributed by atoms with Gasteiger partial charge in [0.15, 0.2) is 0 Å². The molecule has 1 aromatic carbocycles. The first kappa shape index (κ1) is 16.5. The third kappa shape index (κ3) is 5.21. The molecule has 1 unspecified atom stereocenters. The predicted molar refractivity (Wildman–Crippen MR) is 81.8 cm³/mol. The van der Waals surface area contributed by atoms with Crippen LogP contribution in [-0.4, -0.2) is 29.3 Å². The molecule has 0 radical (unpaired) electrons. The van der Waals surface area contributed by atoms with E-state index in [4.69, 9.17) is 11.6 Å². The molecule has 0 aliphatic heterocycles. The van der Waals surface area contributed by atoms with Crippen molar-refractivity contribution < 1.29 is 9.59 Å². The first-order valence-electron chi connectivity index (χ1n) is 6.76. The lowest BCUT2D eigenvalue weighted by Gasteiger charge is -2.27. The van der Waals surface area contributed by atoms with Crippen LogP contribution in [0.25, 0.3) is 0 Å². The van der Waals surface area contributed by atoms with Gasteiger partial charge in [-0.1, -0.05) is 18.5 Å². The van der Waals surface area contributed by atoms with Crippen molar-refractivity contribution in [1.82, 2.24) is 4.90 Å². The minimum Gasteiger partial charge on any atom is -0.340 e. The molecule has 0 saturated heterocycles. The molecule has 0 aliphatic carbocycles. The zero-order valence-corrected chi connectivity index (χ0v) is 12.9. The standard InChI is InChI=1S/C15H21ClN2O2/c1-4-11(2)18(12(3)19)10-9-15(20)17-14-7-5-13(16)6-8-14/h5-8,11H,4,9-10H2,1-3H3,(H,17,20). The van der Waals surface area contributed by atoms with Gasteiger partial charge in [-0.25, -0.2) is 0 Å². The highest BCUT2D eigenvalue weighted by molar-refractivity contribution is 6.30. The van der Waals surface area contributed by atoms with Gasteiger partial charge in [-0.05, 0) is 37.6 Å². The highest BCUT2D eigenvalue weighted by atomic mass is 35.5. The van der Waals surface area contributed by atoms with E-state index in [2.05, 4.69) is 5.32 Å². The van der Waals surface area contributed by atoms with Crippen LogP contribution in [-0.2, 0) is 9.59 Å². The fraction of sp³-hybridized carbons (Fsp3) is 0.467. The highest BCUT2D eigenvalue weighted by Crippen LogP contribution is 2.13. The zero-order chi connectivity index (χ0) is 15.1. The summed E-state index contributed by atoms with van der Waals surface area (Å²) in [7, 11) is 0. The van der Waals surface area contributed by atoms with Crippen molar-refractivity contribution in [3.05, 3.63) is 29.3 Å². The van der Waals surface area contributed by atoms with Crippen LogP contribution in [0.3, 0.4) is 0 Å². The lowest BCUT2D eigenvalue weighted by Crippen LogP contribution is -2.38. The van der Waals surface area contributed by atoms with Crippen LogP contribution >= 0.6 is 11.6 Å². The normalized spacial score (nSPS) is 11.8. The van der Waals surface area contributed by atoms with Crippen molar-refractivity contribution in [3.63, 3.8) is 0 Å². The van der Waals surface area contributed by atoms with Gasteiger partial charge in [-0.3, -0.25) is 9.59 Å². The first-order chi connectivity index (χ1) is 9.43. The predicted octanol–water partition coefficient (Wildman–Crippen LogP) is 3.32. The molecule has 0 saturated carbocycles. The third-order valence-corrected chi connectivity index (χ3v) is 3.49. The van der Waals surface area contributed by atoms with E-state index in [-0.39, 0.29) is 24.3 Å². The Morgan fingerprint density at radius 2 is 1.90 bits per heavy atom. The van der Waals surface area contributed by atoms with Crippen LogP contribution in [0.2, 0.25) is 5.02 Å². The molecule has 110 valence electrons. The van der Waals surface area contributed by atoms with Gasteiger partial charge in [0.2, 0.25) is 11.8 Å². The van der Waals surface area contributed by atoms with Crippen LogP contribution in [0.4, 0.5) is 5.69 Å². The second kappa shape index (κ2) is 7.90. The molecule has 1 rings (SSSR count). The van der Waals surface area contributed by atoms with Gasteiger partial charge < -0.3 is 10.2 Å². The molecular formula is C15H21ClN2O2. The summed E-state index contributed by atoms with van der Waals surface area (Å²) >= 11 is 5.78. The molecule has 0 spiro atoms. The van der Waals surface area contributed by atoms with E-state index in [1.54, 1.807) is 29.2 Å². The monoisotopic (exact) mass is 296 g/mol. The molecule has 5 heteroatoms. The average molecular weight is 297 g/mol. The largest absolute Gasteiger partial charge is 0.340 e. The van der Waals surface area contributed by atoms with Crippen LogP contribution in [0, 0.1) is 0 Å². The minimum absolute atomic E-state index is 0.00126. The molecule has 1 atom stereocenters. The van der Waals surface area contributed by atoms with E-state index in [1.165, 1.54) is 6.92 Å². The molecule has 4 nitrogen and oxygen atoms in total. The topological polar surface area (TPSA) is 49.4 Å². The van der Waals surface area contributed by atoms with Crippen LogP contribution in [0.5, 0.6) is 0 Å². The second-order valence-electron chi connectivity index (χ2n) is 4.77. The Morgan fingerprint density at radius 3 is 2.40 bits per heavy atom. The Bertz CT molecular complexity index is 459. The number of anilines is 1.